The number of hydrogen-bond acceptors (Lipinski definition) is 4. The molecule has 1 atom stereocenters. The van der Waals surface area contributed by atoms with Gasteiger partial charge >= 0.3 is 12.6 Å². The van der Waals surface area contributed by atoms with Crippen molar-refractivity contribution in [1.82, 2.24) is 5.32 Å². The molecule has 22 heavy (non-hydrogen) atoms. The van der Waals surface area contributed by atoms with E-state index in [1.807, 2.05) is 13.8 Å². The predicted octanol–water partition coefficient (Wildman–Crippen LogP) is 2.89. The maximum absolute atomic E-state index is 12.4. The fraction of sp³-hybridized carbons (Fsp3) is 0.533. The van der Waals surface area contributed by atoms with Crippen LogP contribution in [0.25, 0.3) is 0 Å². The summed E-state index contributed by atoms with van der Waals surface area (Å²) in [6.07, 6.45) is 0.478. The summed E-state index contributed by atoms with van der Waals surface area (Å²) in [7, 11) is 1.36. The Morgan fingerprint density at radius 2 is 2.00 bits per heavy atom. The number of nitrogens with one attached hydrogen (secondary N) is 1. The van der Waals surface area contributed by atoms with Gasteiger partial charge in [0.05, 0.1) is 7.11 Å². The SMILES string of the molecule is COc1ccc(CNC(CC(C)C)C(=O)O)cc1OC(F)F. The number of alkyl halides is 2. The number of carboxylic acids is 1. The molecule has 1 aromatic rings. The summed E-state index contributed by atoms with van der Waals surface area (Å²) < 4.78 is 34.1. The van der Waals surface area contributed by atoms with Crippen molar-refractivity contribution in [3.8, 4) is 11.5 Å². The van der Waals surface area contributed by atoms with Gasteiger partial charge in [0.25, 0.3) is 0 Å². The van der Waals surface area contributed by atoms with Crippen molar-refractivity contribution < 1.29 is 28.2 Å². The van der Waals surface area contributed by atoms with Crippen LogP contribution in [0.15, 0.2) is 18.2 Å². The second-order valence-corrected chi connectivity index (χ2v) is 5.26. The van der Waals surface area contributed by atoms with E-state index < -0.39 is 18.6 Å². The van der Waals surface area contributed by atoms with Crippen molar-refractivity contribution in [2.24, 2.45) is 5.92 Å². The van der Waals surface area contributed by atoms with Crippen molar-refractivity contribution in [2.75, 3.05) is 7.11 Å². The first-order valence-electron chi connectivity index (χ1n) is 6.91. The number of carbonyl (C=O) groups is 1. The second-order valence-electron chi connectivity index (χ2n) is 5.26. The number of halogens is 2. The third-order valence-electron chi connectivity index (χ3n) is 3.00. The summed E-state index contributed by atoms with van der Waals surface area (Å²) in [5.41, 5.74) is 0.631. The van der Waals surface area contributed by atoms with Crippen LogP contribution < -0.4 is 14.8 Å². The highest BCUT2D eigenvalue weighted by molar-refractivity contribution is 5.73. The topological polar surface area (TPSA) is 67.8 Å². The smallest absolute Gasteiger partial charge is 0.387 e. The number of carboxylic acid groups (broad SMARTS) is 1. The zero-order valence-corrected chi connectivity index (χ0v) is 12.8. The van der Waals surface area contributed by atoms with Crippen LogP contribution in [0.5, 0.6) is 11.5 Å². The van der Waals surface area contributed by atoms with Crippen LogP contribution in [0.3, 0.4) is 0 Å². The van der Waals surface area contributed by atoms with E-state index in [0.717, 1.165) is 0 Å². The van der Waals surface area contributed by atoms with Crippen LogP contribution in [0.2, 0.25) is 0 Å². The van der Waals surface area contributed by atoms with E-state index in [-0.39, 0.29) is 24.0 Å². The van der Waals surface area contributed by atoms with Gasteiger partial charge in [-0.2, -0.15) is 8.78 Å². The molecule has 124 valence electrons. The number of ether oxygens (including phenoxy) is 2. The molecule has 0 aliphatic rings. The fourth-order valence-corrected chi connectivity index (χ4v) is 2.00. The highest BCUT2D eigenvalue weighted by Crippen LogP contribution is 2.29. The Morgan fingerprint density at radius 3 is 2.50 bits per heavy atom. The Kier molecular flexibility index (Phi) is 7.04. The number of aliphatic carboxylic acids is 1. The van der Waals surface area contributed by atoms with E-state index in [1.54, 1.807) is 6.07 Å². The van der Waals surface area contributed by atoms with E-state index in [0.29, 0.717) is 12.0 Å². The maximum Gasteiger partial charge on any atom is 0.387 e. The van der Waals surface area contributed by atoms with Crippen LogP contribution in [-0.2, 0) is 11.3 Å². The van der Waals surface area contributed by atoms with E-state index in [4.69, 9.17) is 9.84 Å². The first-order chi connectivity index (χ1) is 10.3. The van der Waals surface area contributed by atoms with Gasteiger partial charge < -0.3 is 19.9 Å². The molecule has 0 aliphatic carbocycles. The van der Waals surface area contributed by atoms with Gasteiger partial charge in [-0.3, -0.25) is 4.79 Å². The van der Waals surface area contributed by atoms with Gasteiger partial charge in [-0.15, -0.1) is 0 Å². The summed E-state index contributed by atoms with van der Waals surface area (Å²) in [5, 5.41) is 12.1. The molecule has 1 rings (SSSR count). The lowest BCUT2D eigenvalue weighted by Gasteiger charge is -2.17. The molecule has 7 heteroatoms. The molecule has 0 radical (unpaired) electrons. The summed E-state index contributed by atoms with van der Waals surface area (Å²) in [6.45, 7) is 1.14. The number of hydrogen-bond donors (Lipinski definition) is 2. The Labute approximate surface area is 128 Å². The second kappa shape index (κ2) is 8.53. The maximum atomic E-state index is 12.4. The lowest BCUT2D eigenvalue weighted by atomic mass is 10.0. The van der Waals surface area contributed by atoms with Crippen LogP contribution in [0, 0.1) is 5.92 Å². The molecule has 0 bridgehead atoms. The molecule has 2 N–H and O–H groups in total. The molecule has 5 nitrogen and oxygen atoms in total. The van der Waals surface area contributed by atoms with E-state index in [9.17, 15) is 13.6 Å². The zero-order valence-electron chi connectivity index (χ0n) is 12.8. The molecule has 0 saturated carbocycles. The minimum atomic E-state index is -2.95. The molecular weight excluding hydrogens is 296 g/mol. The lowest BCUT2D eigenvalue weighted by molar-refractivity contribution is -0.140. The average Bonchev–Trinajstić information content (AvgIpc) is 2.42. The number of methoxy groups -OCH3 is 1. The average molecular weight is 317 g/mol. The molecule has 0 spiro atoms. The molecule has 0 aliphatic heterocycles. The van der Waals surface area contributed by atoms with Crippen LogP contribution >= 0.6 is 0 Å². The van der Waals surface area contributed by atoms with Gasteiger partial charge in [0.15, 0.2) is 11.5 Å². The van der Waals surface area contributed by atoms with Crippen molar-refractivity contribution in [3.63, 3.8) is 0 Å². The summed E-state index contributed by atoms with van der Waals surface area (Å²) in [4.78, 5) is 11.2. The van der Waals surface area contributed by atoms with Crippen molar-refractivity contribution >= 4 is 5.97 Å². The normalized spacial score (nSPS) is 12.5. The number of benzene rings is 1. The molecule has 1 aromatic carbocycles. The van der Waals surface area contributed by atoms with Crippen molar-refractivity contribution in [3.05, 3.63) is 23.8 Å². The van der Waals surface area contributed by atoms with E-state index in [1.165, 1.54) is 19.2 Å². The molecule has 0 saturated heterocycles. The van der Waals surface area contributed by atoms with Gasteiger partial charge in [-0.05, 0) is 30.0 Å². The summed E-state index contributed by atoms with van der Waals surface area (Å²) in [5.74, 6) is -0.595. The predicted molar refractivity (Wildman–Crippen MR) is 77.3 cm³/mol. The standard InChI is InChI=1S/C15H21F2NO4/c1-9(2)6-11(14(19)20)18-8-10-4-5-12(21-3)13(7-10)22-15(16)17/h4-5,7,9,11,15,18H,6,8H2,1-3H3,(H,19,20). The van der Waals surface area contributed by atoms with Crippen LogP contribution in [-0.4, -0.2) is 30.8 Å². The molecule has 0 aromatic heterocycles. The Bertz CT molecular complexity index is 494. The van der Waals surface area contributed by atoms with Gasteiger partial charge in [0, 0.05) is 6.54 Å². The third kappa shape index (κ3) is 5.85. The third-order valence-corrected chi connectivity index (χ3v) is 3.00. The minimum absolute atomic E-state index is 0.0764. The van der Waals surface area contributed by atoms with Crippen LogP contribution in [0.1, 0.15) is 25.8 Å². The molecule has 0 amide bonds. The Hall–Kier alpha value is -1.89. The molecule has 1 unspecified atom stereocenters. The van der Waals surface area contributed by atoms with Crippen molar-refractivity contribution in [1.29, 1.82) is 0 Å². The Morgan fingerprint density at radius 1 is 1.32 bits per heavy atom. The lowest BCUT2D eigenvalue weighted by Crippen LogP contribution is -2.37. The van der Waals surface area contributed by atoms with Gasteiger partial charge in [0.1, 0.15) is 6.04 Å². The molecular formula is C15H21F2NO4. The molecule has 0 fully saturated rings. The Balaban J connectivity index is 2.78. The largest absolute Gasteiger partial charge is 0.493 e. The highest BCUT2D eigenvalue weighted by Gasteiger charge is 2.18. The van der Waals surface area contributed by atoms with Gasteiger partial charge in [-0.25, -0.2) is 0 Å². The first-order valence-corrected chi connectivity index (χ1v) is 6.91. The van der Waals surface area contributed by atoms with Crippen molar-refractivity contribution in [2.45, 2.75) is 39.5 Å². The monoisotopic (exact) mass is 317 g/mol. The van der Waals surface area contributed by atoms with Crippen LogP contribution in [0.4, 0.5) is 8.78 Å². The highest BCUT2D eigenvalue weighted by atomic mass is 19.3. The first kappa shape index (κ1) is 18.2. The van der Waals surface area contributed by atoms with Gasteiger partial charge in [0.2, 0.25) is 0 Å². The zero-order chi connectivity index (χ0) is 16.7. The number of rotatable bonds is 9. The van der Waals surface area contributed by atoms with Gasteiger partial charge in [-0.1, -0.05) is 19.9 Å². The summed E-state index contributed by atoms with van der Waals surface area (Å²) in [6, 6.07) is 3.89. The summed E-state index contributed by atoms with van der Waals surface area (Å²) >= 11 is 0. The minimum Gasteiger partial charge on any atom is -0.493 e. The van der Waals surface area contributed by atoms with E-state index in [2.05, 4.69) is 10.1 Å². The quantitative estimate of drug-likeness (QED) is 0.733. The molecule has 0 heterocycles. The fourth-order valence-electron chi connectivity index (χ4n) is 2.00. The van der Waals surface area contributed by atoms with E-state index >= 15 is 0 Å².